The molecular weight excluding hydrogens is 162 g/mol. The third-order valence-corrected chi connectivity index (χ3v) is 2.19. The molecule has 80 valence electrons. The van der Waals surface area contributed by atoms with Gasteiger partial charge in [0, 0.05) is 6.61 Å². The number of aliphatic hydroxyl groups excluding tert-OH is 1. The average Bonchev–Trinajstić information content (AvgIpc) is 2.00. The fraction of sp³-hybridized carbons (Fsp3) is 1.00. The van der Waals surface area contributed by atoms with Crippen LogP contribution in [-0.4, -0.2) is 36.8 Å². The minimum absolute atomic E-state index is 0.326. The van der Waals surface area contributed by atoms with Crippen molar-refractivity contribution in [2.24, 2.45) is 5.41 Å². The maximum Gasteiger partial charge on any atom is 0.0431 e. The Morgan fingerprint density at radius 2 is 1.69 bits per heavy atom. The van der Waals surface area contributed by atoms with Crippen LogP contribution >= 0.6 is 0 Å². The molecule has 0 aliphatic heterocycles. The second kappa shape index (κ2) is 6.39. The van der Waals surface area contributed by atoms with Crippen LogP contribution in [0, 0.1) is 5.41 Å². The van der Waals surface area contributed by atoms with Gasteiger partial charge in [0.1, 0.15) is 0 Å². The number of unbranched alkanes of at least 4 members (excludes halogenated alkanes) is 1. The van der Waals surface area contributed by atoms with Crippen LogP contribution in [0.5, 0.6) is 0 Å². The summed E-state index contributed by atoms with van der Waals surface area (Å²) in [4.78, 5) is 2.35. The predicted octanol–water partition coefficient (Wildman–Crippen LogP) is 2.13. The Bertz CT molecular complexity index is 118. The average molecular weight is 187 g/mol. The fourth-order valence-corrected chi connectivity index (χ4v) is 1.13. The van der Waals surface area contributed by atoms with Crippen molar-refractivity contribution in [3.05, 3.63) is 0 Å². The molecule has 0 atom stereocenters. The Balaban J connectivity index is 3.35. The van der Waals surface area contributed by atoms with E-state index in [4.69, 9.17) is 5.11 Å². The van der Waals surface area contributed by atoms with E-state index in [0.29, 0.717) is 12.0 Å². The number of hydrogen-bond donors (Lipinski definition) is 1. The largest absolute Gasteiger partial charge is 0.396 e. The van der Waals surface area contributed by atoms with E-state index in [0.717, 1.165) is 25.9 Å². The van der Waals surface area contributed by atoms with Gasteiger partial charge in [-0.2, -0.15) is 0 Å². The second-order valence-electron chi connectivity index (χ2n) is 5.04. The van der Waals surface area contributed by atoms with Crippen molar-refractivity contribution in [3.8, 4) is 0 Å². The molecule has 0 amide bonds. The molecule has 0 aliphatic carbocycles. The van der Waals surface area contributed by atoms with E-state index in [1.54, 1.807) is 0 Å². The molecule has 0 aromatic heterocycles. The van der Waals surface area contributed by atoms with Crippen LogP contribution in [0.25, 0.3) is 0 Å². The van der Waals surface area contributed by atoms with Crippen LogP contribution < -0.4 is 0 Å². The van der Waals surface area contributed by atoms with Crippen molar-refractivity contribution in [1.29, 1.82) is 0 Å². The van der Waals surface area contributed by atoms with Gasteiger partial charge in [-0.25, -0.2) is 0 Å². The lowest BCUT2D eigenvalue weighted by molar-refractivity contribution is 0.241. The molecule has 2 nitrogen and oxygen atoms in total. The van der Waals surface area contributed by atoms with Gasteiger partial charge in [-0.05, 0) is 44.8 Å². The van der Waals surface area contributed by atoms with Crippen LogP contribution in [0.1, 0.15) is 40.0 Å². The van der Waals surface area contributed by atoms with Gasteiger partial charge in [0.2, 0.25) is 0 Å². The van der Waals surface area contributed by atoms with Crippen molar-refractivity contribution < 1.29 is 5.11 Å². The lowest BCUT2D eigenvalue weighted by Crippen LogP contribution is -2.24. The van der Waals surface area contributed by atoms with Gasteiger partial charge in [0.15, 0.2) is 0 Å². The molecule has 0 aromatic rings. The Labute approximate surface area is 82.9 Å². The minimum atomic E-state index is 0.326. The normalized spacial score (nSPS) is 12.5. The first-order valence-corrected chi connectivity index (χ1v) is 5.25. The van der Waals surface area contributed by atoms with Crippen molar-refractivity contribution in [2.45, 2.75) is 40.0 Å². The Kier molecular flexibility index (Phi) is 6.35. The molecule has 0 bridgehead atoms. The number of rotatable bonds is 6. The summed E-state index contributed by atoms with van der Waals surface area (Å²) in [6, 6.07) is 0. The van der Waals surface area contributed by atoms with Crippen molar-refractivity contribution >= 4 is 0 Å². The minimum Gasteiger partial charge on any atom is -0.396 e. The third kappa shape index (κ3) is 9.84. The highest BCUT2D eigenvalue weighted by Gasteiger charge is 2.10. The molecule has 0 aromatic carbocycles. The molecule has 0 aliphatic rings. The van der Waals surface area contributed by atoms with Crippen LogP contribution in [-0.2, 0) is 0 Å². The van der Waals surface area contributed by atoms with E-state index in [1.807, 2.05) is 0 Å². The van der Waals surface area contributed by atoms with E-state index < -0.39 is 0 Å². The monoisotopic (exact) mass is 187 g/mol. The molecule has 0 spiro atoms. The summed E-state index contributed by atoms with van der Waals surface area (Å²) in [5.41, 5.74) is 0.436. The number of hydrogen-bond acceptors (Lipinski definition) is 2. The van der Waals surface area contributed by atoms with E-state index in [-0.39, 0.29) is 0 Å². The maximum absolute atomic E-state index is 8.62. The lowest BCUT2D eigenvalue weighted by Gasteiger charge is -2.23. The Morgan fingerprint density at radius 1 is 1.08 bits per heavy atom. The molecule has 2 heteroatoms. The molecule has 0 rings (SSSR count). The van der Waals surface area contributed by atoms with Crippen molar-refractivity contribution in [1.82, 2.24) is 4.90 Å². The van der Waals surface area contributed by atoms with Gasteiger partial charge >= 0.3 is 0 Å². The quantitative estimate of drug-likeness (QED) is 0.644. The summed E-state index contributed by atoms with van der Waals surface area (Å²) in [6.07, 6.45) is 3.28. The molecule has 0 unspecified atom stereocenters. The summed E-state index contributed by atoms with van der Waals surface area (Å²) in [7, 11) is 2.16. The molecule has 0 fully saturated rings. The summed E-state index contributed by atoms with van der Waals surface area (Å²) in [5.74, 6) is 0. The molecule has 13 heavy (non-hydrogen) atoms. The van der Waals surface area contributed by atoms with Gasteiger partial charge in [-0.3, -0.25) is 0 Å². The lowest BCUT2D eigenvalue weighted by atomic mass is 9.92. The number of aliphatic hydroxyl groups is 1. The molecular formula is C11H25NO. The highest BCUT2D eigenvalue weighted by atomic mass is 16.2. The Morgan fingerprint density at radius 3 is 2.15 bits per heavy atom. The molecule has 0 saturated heterocycles. The highest BCUT2D eigenvalue weighted by Crippen LogP contribution is 2.18. The standard InChI is InChI=1S/C11H25NO/c1-11(2,3)7-9-12(4)8-5-6-10-13/h13H,5-10H2,1-4H3. The predicted molar refractivity (Wildman–Crippen MR) is 57.9 cm³/mol. The highest BCUT2D eigenvalue weighted by molar-refractivity contribution is 4.64. The van der Waals surface area contributed by atoms with Crippen molar-refractivity contribution in [2.75, 3.05) is 26.7 Å². The zero-order chi connectivity index (χ0) is 10.3. The molecule has 0 saturated carbocycles. The van der Waals surface area contributed by atoms with Crippen LogP contribution in [0.4, 0.5) is 0 Å². The second-order valence-corrected chi connectivity index (χ2v) is 5.04. The zero-order valence-corrected chi connectivity index (χ0v) is 9.64. The molecule has 0 radical (unpaired) electrons. The maximum atomic E-state index is 8.62. The summed E-state index contributed by atoms with van der Waals surface area (Å²) < 4.78 is 0. The van der Waals surface area contributed by atoms with E-state index in [1.165, 1.54) is 6.42 Å². The smallest absolute Gasteiger partial charge is 0.0431 e. The Hall–Kier alpha value is -0.0800. The summed E-state index contributed by atoms with van der Waals surface area (Å²) in [6.45, 7) is 9.41. The fourth-order valence-electron chi connectivity index (χ4n) is 1.13. The van der Waals surface area contributed by atoms with E-state index in [2.05, 4.69) is 32.7 Å². The first-order valence-electron chi connectivity index (χ1n) is 5.25. The summed E-state index contributed by atoms with van der Waals surface area (Å²) >= 11 is 0. The van der Waals surface area contributed by atoms with Gasteiger partial charge in [-0.1, -0.05) is 20.8 Å². The van der Waals surface area contributed by atoms with Crippen LogP contribution in [0.2, 0.25) is 0 Å². The first kappa shape index (κ1) is 12.9. The van der Waals surface area contributed by atoms with Gasteiger partial charge in [0.05, 0.1) is 0 Å². The van der Waals surface area contributed by atoms with Gasteiger partial charge < -0.3 is 10.0 Å². The zero-order valence-electron chi connectivity index (χ0n) is 9.64. The third-order valence-electron chi connectivity index (χ3n) is 2.19. The van der Waals surface area contributed by atoms with Gasteiger partial charge in [-0.15, -0.1) is 0 Å². The SMILES string of the molecule is CN(CCCCO)CCC(C)(C)C. The topological polar surface area (TPSA) is 23.5 Å². The van der Waals surface area contributed by atoms with E-state index in [9.17, 15) is 0 Å². The first-order chi connectivity index (χ1) is 5.95. The molecule has 0 heterocycles. The van der Waals surface area contributed by atoms with Crippen molar-refractivity contribution in [3.63, 3.8) is 0 Å². The number of nitrogens with zero attached hydrogens (tertiary/aromatic N) is 1. The summed E-state index contributed by atoms with van der Waals surface area (Å²) in [5, 5.41) is 8.62. The van der Waals surface area contributed by atoms with Crippen LogP contribution in [0.15, 0.2) is 0 Å². The van der Waals surface area contributed by atoms with E-state index >= 15 is 0 Å². The van der Waals surface area contributed by atoms with Crippen LogP contribution in [0.3, 0.4) is 0 Å². The molecule has 1 N–H and O–H groups in total. The van der Waals surface area contributed by atoms with Gasteiger partial charge in [0.25, 0.3) is 0 Å².